The van der Waals surface area contributed by atoms with E-state index >= 15 is 0 Å². The number of hydrogen-bond donors (Lipinski definition) is 2. The minimum atomic E-state index is 0.0470. The number of nitriles is 1. The molecule has 0 amide bonds. The lowest BCUT2D eigenvalue weighted by Crippen LogP contribution is -2.19. The van der Waals surface area contributed by atoms with Crippen molar-refractivity contribution in [1.82, 2.24) is 0 Å². The van der Waals surface area contributed by atoms with E-state index < -0.39 is 0 Å². The number of benzene rings is 1. The second-order valence-corrected chi connectivity index (χ2v) is 3.69. The Morgan fingerprint density at radius 2 is 2.14 bits per heavy atom. The van der Waals surface area contributed by atoms with Gasteiger partial charge in [-0.05, 0) is 24.4 Å². The fourth-order valence-corrected chi connectivity index (χ4v) is 1.55. The Morgan fingerprint density at radius 3 is 2.64 bits per heavy atom. The number of hydrogen-bond acceptors (Lipinski definition) is 2. The molecule has 0 atom stereocenters. The summed E-state index contributed by atoms with van der Waals surface area (Å²) in [7, 11) is 0. The molecule has 3 N–H and O–H groups in total. The molecule has 14 heavy (non-hydrogen) atoms. The van der Waals surface area contributed by atoms with Crippen molar-refractivity contribution in [2.45, 2.75) is 0 Å². The molecular formula is C8H5Cl2N3S. The van der Waals surface area contributed by atoms with E-state index in [0.29, 0.717) is 21.3 Å². The second kappa shape index (κ2) is 4.47. The van der Waals surface area contributed by atoms with Crippen LogP contribution in [-0.2, 0) is 0 Å². The van der Waals surface area contributed by atoms with Gasteiger partial charge >= 0.3 is 0 Å². The Bertz CT molecular complexity index is 425. The van der Waals surface area contributed by atoms with Crippen molar-refractivity contribution >= 4 is 46.2 Å². The molecule has 3 nitrogen and oxygen atoms in total. The summed E-state index contributed by atoms with van der Waals surface area (Å²) < 4.78 is 0. The second-order valence-electron chi connectivity index (χ2n) is 2.41. The van der Waals surface area contributed by atoms with Crippen LogP contribution in [-0.4, -0.2) is 5.11 Å². The number of nitrogens with two attached hydrogens (primary N) is 1. The van der Waals surface area contributed by atoms with Crippen LogP contribution >= 0.6 is 35.4 Å². The third-order valence-electron chi connectivity index (χ3n) is 1.42. The maximum absolute atomic E-state index is 8.79. The summed E-state index contributed by atoms with van der Waals surface area (Å²) >= 11 is 16.2. The lowest BCUT2D eigenvalue weighted by Gasteiger charge is -2.08. The average Bonchev–Trinajstić information content (AvgIpc) is 2.08. The third kappa shape index (κ3) is 2.48. The minimum Gasteiger partial charge on any atom is -0.376 e. The Kier molecular flexibility index (Phi) is 3.53. The summed E-state index contributed by atoms with van der Waals surface area (Å²) in [5, 5.41) is 12.1. The molecule has 0 fully saturated rings. The SMILES string of the molecule is N#Cc1cc(Cl)cc(Cl)c1NC(N)=S. The van der Waals surface area contributed by atoms with E-state index in [-0.39, 0.29) is 5.11 Å². The molecule has 0 aliphatic heterocycles. The molecule has 0 heterocycles. The van der Waals surface area contributed by atoms with Gasteiger partial charge in [-0.1, -0.05) is 23.2 Å². The lowest BCUT2D eigenvalue weighted by atomic mass is 10.2. The van der Waals surface area contributed by atoms with E-state index in [0.717, 1.165) is 0 Å². The van der Waals surface area contributed by atoms with Gasteiger partial charge in [0.15, 0.2) is 5.11 Å². The molecular weight excluding hydrogens is 241 g/mol. The molecule has 6 heteroatoms. The molecule has 0 aliphatic rings. The van der Waals surface area contributed by atoms with E-state index in [1.807, 2.05) is 6.07 Å². The molecule has 72 valence electrons. The van der Waals surface area contributed by atoms with Crippen molar-refractivity contribution in [3.05, 3.63) is 27.7 Å². The van der Waals surface area contributed by atoms with E-state index in [4.69, 9.17) is 34.2 Å². The summed E-state index contributed by atoms with van der Waals surface area (Å²) in [5.74, 6) is 0. The van der Waals surface area contributed by atoms with Gasteiger partial charge in [-0.3, -0.25) is 0 Å². The van der Waals surface area contributed by atoms with Gasteiger partial charge in [-0.2, -0.15) is 5.26 Å². The lowest BCUT2D eigenvalue weighted by molar-refractivity contribution is 1.47. The summed E-state index contributed by atoms with van der Waals surface area (Å²) in [6, 6.07) is 4.92. The third-order valence-corrected chi connectivity index (χ3v) is 2.04. The van der Waals surface area contributed by atoms with Crippen molar-refractivity contribution in [1.29, 1.82) is 5.26 Å². The minimum absolute atomic E-state index is 0.0470. The summed E-state index contributed by atoms with van der Waals surface area (Å²) in [6.45, 7) is 0. The number of anilines is 1. The summed E-state index contributed by atoms with van der Waals surface area (Å²) in [5.41, 5.74) is 5.96. The van der Waals surface area contributed by atoms with Crippen molar-refractivity contribution in [2.75, 3.05) is 5.32 Å². The molecule has 0 spiro atoms. The van der Waals surface area contributed by atoms with E-state index in [2.05, 4.69) is 17.5 Å². The van der Waals surface area contributed by atoms with E-state index in [1.165, 1.54) is 12.1 Å². The quantitative estimate of drug-likeness (QED) is 0.747. The van der Waals surface area contributed by atoms with Crippen molar-refractivity contribution < 1.29 is 0 Å². The van der Waals surface area contributed by atoms with Crippen LogP contribution in [0.25, 0.3) is 0 Å². The molecule has 0 radical (unpaired) electrons. The monoisotopic (exact) mass is 245 g/mol. The van der Waals surface area contributed by atoms with E-state index in [9.17, 15) is 0 Å². The fraction of sp³-hybridized carbons (Fsp3) is 0. The molecule has 0 bridgehead atoms. The van der Waals surface area contributed by atoms with Gasteiger partial charge in [0.1, 0.15) is 6.07 Å². The van der Waals surface area contributed by atoms with Crippen LogP contribution in [0.4, 0.5) is 5.69 Å². The number of thiocarbonyl (C=S) groups is 1. The maximum atomic E-state index is 8.79. The molecule has 1 rings (SSSR count). The Balaban J connectivity index is 3.27. The largest absolute Gasteiger partial charge is 0.376 e. The van der Waals surface area contributed by atoms with Gasteiger partial charge in [0.2, 0.25) is 0 Å². The number of nitrogens with zero attached hydrogens (tertiary/aromatic N) is 1. The van der Waals surface area contributed by atoms with Crippen LogP contribution in [0, 0.1) is 11.3 Å². The number of nitrogens with one attached hydrogen (secondary N) is 1. The molecule has 0 saturated carbocycles. The van der Waals surface area contributed by atoms with Gasteiger partial charge < -0.3 is 11.1 Å². The van der Waals surface area contributed by atoms with Gasteiger partial charge in [-0.15, -0.1) is 0 Å². The molecule has 0 aromatic heterocycles. The first-order valence-electron chi connectivity index (χ1n) is 3.50. The first kappa shape index (κ1) is 11.1. The highest BCUT2D eigenvalue weighted by Crippen LogP contribution is 2.29. The molecule has 0 aliphatic carbocycles. The molecule has 1 aromatic rings. The smallest absolute Gasteiger partial charge is 0.168 e. The normalized spacial score (nSPS) is 9.21. The van der Waals surface area contributed by atoms with Crippen molar-refractivity contribution in [3.8, 4) is 6.07 Å². The maximum Gasteiger partial charge on any atom is 0.168 e. The van der Waals surface area contributed by atoms with Crippen molar-refractivity contribution in [2.24, 2.45) is 5.73 Å². The van der Waals surface area contributed by atoms with Crippen molar-refractivity contribution in [3.63, 3.8) is 0 Å². The zero-order valence-corrected chi connectivity index (χ0v) is 9.17. The van der Waals surface area contributed by atoms with E-state index in [1.54, 1.807) is 0 Å². The Hall–Kier alpha value is -1.02. The zero-order chi connectivity index (χ0) is 10.7. The van der Waals surface area contributed by atoms with Gasteiger partial charge in [0, 0.05) is 5.02 Å². The first-order chi connectivity index (χ1) is 6.54. The van der Waals surface area contributed by atoms with Crippen LogP contribution in [0.1, 0.15) is 5.56 Å². The molecule has 0 unspecified atom stereocenters. The average molecular weight is 246 g/mol. The van der Waals surface area contributed by atoms with Crippen LogP contribution in [0.5, 0.6) is 0 Å². The predicted molar refractivity (Wildman–Crippen MR) is 61.6 cm³/mol. The fourth-order valence-electron chi connectivity index (χ4n) is 0.912. The highest BCUT2D eigenvalue weighted by atomic mass is 35.5. The predicted octanol–water partition coefficient (Wildman–Crippen LogP) is 2.52. The Morgan fingerprint density at radius 1 is 1.50 bits per heavy atom. The number of halogens is 2. The molecule has 1 aromatic carbocycles. The molecule has 0 saturated heterocycles. The highest BCUT2D eigenvalue weighted by Gasteiger charge is 2.08. The number of rotatable bonds is 1. The van der Waals surface area contributed by atoms with Crippen LogP contribution in [0.3, 0.4) is 0 Å². The first-order valence-corrected chi connectivity index (χ1v) is 4.66. The Labute approximate surface area is 96.4 Å². The van der Waals surface area contributed by atoms with Crippen LogP contribution in [0.2, 0.25) is 10.0 Å². The van der Waals surface area contributed by atoms with Crippen LogP contribution < -0.4 is 11.1 Å². The summed E-state index contributed by atoms with van der Waals surface area (Å²) in [6.07, 6.45) is 0. The highest BCUT2D eigenvalue weighted by molar-refractivity contribution is 7.80. The topological polar surface area (TPSA) is 61.8 Å². The van der Waals surface area contributed by atoms with Gasteiger partial charge in [-0.25, -0.2) is 0 Å². The van der Waals surface area contributed by atoms with Gasteiger partial charge in [0.05, 0.1) is 16.3 Å². The standard InChI is InChI=1S/C8H5Cl2N3S/c9-5-1-4(3-11)7(6(10)2-5)13-8(12)14/h1-2H,(H3,12,13,14). The zero-order valence-electron chi connectivity index (χ0n) is 6.84. The van der Waals surface area contributed by atoms with Gasteiger partial charge in [0.25, 0.3) is 0 Å². The van der Waals surface area contributed by atoms with Crippen LogP contribution in [0.15, 0.2) is 12.1 Å². The summed E-state index contributed by atoms with van der Waals surface area (Å²) in [4.78, 5) is 0.